The summed E-state index contributed by atoms with van der Waals surface area (Å²) in [5.41, 5.74) is 0. The normalized spacial score (nSPS) is 18.8. The zero-order valence-electron chi connectivity index (χ0n) is 13.2. The Morgan fingerprint density at radius 2 is 1.75 bits per heavy atom. The standard InChI is InChI=1S/C16H32N2O2/c1-3-13(4-2)15(19)11-17-12-16(20)18-14-9-7-5-6-8-10-14/h13-15,17,19H,3-12H2,1-2H3,(H,18,20). The van der Waals surface area contributed by atoms with E-state index < -0.39 is 0 Å². The molecule has 1 saturated carbocycles. The van der Waals surface area contributed by atoms with E-state index in [1.165, 1.54) is 25.7 Å². The molecule has 0 aromatic rings. The van der Waals surface area contributed by atoms with E-state index in [1.54, 1.807) is 0 Å². The number of hydrogen-bond acceptors (Lipinski definition) is 3. The van der Waals surface area contributed by atoms with Gasteiger partial charge in [-0.25, -0.2) is 0 Å². The first kappa shape index (κ1) is 17.4. The third-order valence-corrected chi connectivity index (χ3v) is 4.45. The molecule has 0 aliphatic heterocycles. The van der Waals surface area contributed by atoms with Gasteiger partial charge >= 0.3 is 0 Å². The number of amides is 1. The van der Waals surface area contributed by atoms with Gasteiger partial charge in [0.05, 0.1) is 12.6 Å². The van der Waals surface area contributed by atoms with Crippen LogP contribution in [0.5, 0.6) is 0 Å². The lowest BCUT2D eigenvalue weighted by Gasteiger charge is -2.21. The predicted octanol–water partition coefficient (Wildman–Crippen LogP) is 2.21. The molecule has 1 rings (SSSR count). The molecule has 1 amide bonds. The van der Waals surface area contributed by atoms with Crippen LogP contribution < -0.4 is 10.6 Å². The fraction of sp³-hybridized carbons (Fsp3) is 0.938. The zero-order valence-corrected chi connectivity index (χ0v) is 13.2. The van der Waals surface area contributed by atoms with Gasteiger partial charge in [0.2, 0.25) is 5.91 Å². The summed E-state index contributed by atoms with van der Waals surface area (Å²) >= 11 is 0. The van der Waals surface area contributed by atoms with E-state index in [4.69, 9.17) is 0 Å². The second-order valence-electron chi connectivity index (χ2n) is 6.03. The minimum atomic E-state index is -0.351. The highest BCUT2D eigenvalue weighted by Crippen LogP contribution is 2.17. The maximum Gasteiger partial charge on any atom is 0.234 e. The molecule has 0 saturated heterocycles. The van der Waals surface area contributed by atoms with Gasteiger partial charge in [-0.3, -0.25) is 4.79 Å². The first-order valence-electron chi connectivity index (χ1n) is 8.35. The molecule has 4 nitrogen and oxygen atoms in total. The Balaban J connectivity index is 2.15. The van der Waals surface area contributed by atoms with E-state index in [9.17, 15) is 9.90 Å². The second-order valence-corrected chi connectivity index (χ2v) is 6.03. The molecule has 3 N–H and O–H groups in total. The van der Waals surface area contributed by atoms with Crippen molar-refractivity contribution in [2.45, 2.75) is 77.4 Å². The van der Waals surface area contributed by atoms with Crippen molar-refractivity contribution in [3.63, 3.8) is 0 Å². The fourth-order valence-corrected chi connectivity index (χ4v) is 3.04. The lowest BCUT2D eigenvalue weighted by molar-refractivity contribution is -0.121. The van der Waals surface area contributed by atoms with E-state index >= 15 is 0 Å². The lowest BCUT2D eigenvalue weighted by Crippen LogP contribution is -2.42. The monoisotopic (exact) mass is 284 g/mol. The van der Waals surface area contributed by atoms with Crippen molar-refractivity contribution in [2.24, 2.45) is 5.92 Å². The Bertz CT molecular complexity index is 259. The molecule has 0 spiro atoms. The number of nitrogens with one attached hydrogen (secondary N) is 2. The SMILES string of the molecule is CCC(CC)C(O)CNCC(=O)NC1CCCCCC1. The summed E-state index contributed by atoms with van der Waals surface area (Å²) in [6, 6.07) is 0.357. The molecule has 1 unspecified atom stereocenters. The van der Waals surface area contributed by atoms with Gasteiger partial charge in [0.15, 0.2) is 0 Å². The van der Waals surface area contributed by atoms with Gasteiger partial charge in [-0.2, -0.15) is 0 Å². The Morgan fingerprint density at radius 3 is 2.30 bits per heavy atom. The molecule has 1 atom stereocenters. The minimum absolute atomic E-state index is 0.0636. The summed E-state index contributed by atoms with van der Waals surface area (Å²) in [6.45, 7) is 5.00. The smallest absolute Gasteiger partial charge is 0.234 e. The number of hydrogen-bond donors (Lipinski definition) is 3. The highest BCUT2D eigenvalue weighted by atomic mass is 16.3. The first-order chi connectivity index (χ1) is 9.67. The Kier molecular flexibility index (Phi) is 8.86. The molecule has 0 bridgehead atoms. The molecule has 0 aromatic heterocycles. The van der Waals surface area contributed by atoms with E-state index in [1.807, 2.05) is 0 Å². The van der Waals surface area contributed by atoms with E-state index in [0.29, 0.717) is 25.0 Å². The van der Waals surface area contributed by atoms with Crippen LogP contribution in [0.1, 0.15) is 65.2 Å². The molecule has 4 heteroatoms. The van der Waals surface area contributed by atoms with Gasteiger partial charge in [-0.1, -0.05) is 52.4 Å². The van der Waals surface area contributed by atoms with Crippen molar-refractivity contribution in [3.05, 3.63) is 0 Å². The molecule has 1 aliphatic carbocycles. The van der Waals surface area contributed by atoms with Crippen LogP contribution in [0, 0.1) is 5.92 Å². The van der Waals surface area contributed by atoms with Crippen molar-refractivity contribution in [1.82, 2.24) is 10.6 Å². The molecule has 0 aromatic carbocycles. The van der Waals surface area contributed by atoms with Crippen LogP contribution >= 0.6 is 0 Å². The summed E-state index contributed by atoms with van der Waals surface area (Å²) < 4.78 is 0. The Labute approximate surface area is 123 Å². The predicted molar refractivity (Wildman–Crippen MR) is 82.6 cm³/mol. The van der Waals surface area contributed by atoms with Gasteiger partial charge in [0.25, 0.3) is 0 Å². The summed E-state index contributed by atoms with van der Waals surface area (Å²) in [7, 11) is 0. The highest BCUT2D eigenvalue weighted by molar-refractivity contribution is 5.78. The maximum absolute atomic E-state index is 11.9. The van der Waals surface area contributed by atoms with Crippen LogP contribution in [0.25, 0.3) is 0 Å². The maximum atomic E-state index is 11.9. The molecule has 118 valence electrons. The highest BCUT2D eigenvalue weighted by Gasteiger charge is 2.17. The summed E-state index contributed by atoms with van der Waals surface area (Å²) in [5, 5.41) is 16.2. The summed E-state index contributed by atoms with van der Waals surface area (Å²) in [5.74, 6) is 0.390. The lowest BCUT2D eigenvalue weighted by atomic mass is 9.96. The minimum Gasteiger partial charge on any atom is -0.392 e. The third kappa shape index (κ3) is 6.71. The number of carbonyl (C=O) groups is 1. The van der Waals surface area contributed by atoms with Gasteiger partial charge in [-0.05, 0) is 18.8 Å². The second kappa shape index (κ2) is 10.2. The van der Waals surface area contributed by atoms with Crippen molar-refractivity contribution >= 4 is 5.91 Å². The van der Waals surface area contributed by atoms with Crippen molar-refractivity contribution < 1.29 is 9.90 Å². The first-order valence-corrected chi connectivity index (χ1v) is 8.35. The third-order valence-electron chi connectivity index (χ3n) is 4.45. The van der Waals surface area contributed by atoms with E-state index in [-0.39, 0.29) is 12.0 Å². The fourth-order valence-electron chi connectivity index (χ4n) is 3.04. The van der Waals surface area contributed by atoms with Crippen molar-refractivity contribution in [1.29, 1.82) is 0 Å². The molecule has 0 radical (unpaired) electrons. The topological polar surface area (TPSA) is 61.4 Å². The van der Waals surface area contributed by atoms with Crippen LogP contribution in [-0.2, 0) is 4.79 Å². The molecule has 1 aliphatic rings. The van der Waals surface area contributed by atoms with E-state index in [0.717, 1.165) is 25.7 Å². The average Bonchev–Trinajstić information content (AvgIpc) is 2.68. The van der Waals surface area contributed by atoms with Gasteiger partial charge in [0.1, 0.15) is 0 Å². The molecule has 0 heterocycles. The van der Waals surface area contributed by atoms with Crippen molar-refractivity contribution in [3.8, 4) is 0 Å². The zero-order chi connectivity index (χ0) is 14.8. The number of aliphatic hydroxyl groups is 1. The van der Waals surface area contributed by atoms with Gasteiger partial charge < -0.3 is 15.7 Å². The van der Waals surface area contributed by atoms with Crippen LogP contribution in [0.3, 0.4) is 0 Å². The average molecular weight is 284 g/mol. The quantitative estimate of drug-likeness (QED) is 0.599. The van der Waals surface area contributed by atoms with Gasteiger partial charge in [-0.15, -0.1) is 0 Å². The number of aliphatic hydroxyl groups excluding tert-OH is 1. The van der Waals surface area contributed by atoms with Crippen LogP contribution in [0.2, 0.25) is 0 Å². The van der Waals surface area contributed by atoms with Crippen LogP contribution in [0.15, 0.2) is 0 Å². The molecular weight excluding hydrogens is 252 g/mol. The van der Waals surface area contributed by atoms with E-state index in [2.05, 4.69) is 24.5 Å². The molecule has 20 heavy (non-hydrogen) atoms. The van der Waals surface area contributed by atoms with Crippen LogP contribution in [0.4, 0.5) is 0 Å². The number of rotatable bonds is 8. The Morgan fingerprint density at radius 1 is 1.15 bits per heavy atom. The number of carbonyl (C=O) groups excluding carboxylic acids is 1. The molecular formula is C16H32N2O2. The summed E-state index contributed by atoms with van der Waals surface area (Å²) in [4.78, 5) is 11.9. The Hall–Kier alpha value is -0.610. The van der Waals surface area contributed by atoms with Crippen LogP contribution in [-0.4, -0.2) is 36.2 Å². The summed E-state index contributed by atoms with van der Waals surface area (Å²) in [6.07, 6.45) is 8.89. The molecule has 1 fully saturated rings. The van der Waals surface area contributed by atoms with Gasteiger partial charge in [0, 0.05) is 12.6 Å². The van der Waals surface area contributed by atoms with Crippen molar-refractivity contribution in [2.75, 3.05) is 13.1 Å². The largest absolute Gasteiger partial charge is 0.392 e.